The molecule has 0 bridgehead atoms. The van der Waals surface area contributed by atoms with E-state index in [1.54, 1.807) is 0 Å². The summed E-state index contributed by atoms with van der Waals surface area (Å²) in [7, 11) is 0. The summed E-state index contributed by atoms with van der Waals surface area (Å²) < 4.78 is 0. The van der Waals surface area contributed by atoms with Crippen molar-refractivity contribution >= 4 is 0 Å². The molecule has 2 aliphatic rings. The third kappa shape index (κ3) is 3.15. The molecule has 108 valence electrons. The molecule has 0 aromatic rings. The molecular formula is C17H30N2. The lowest BCUT2D eigenvalue weighted by atomic mass is 9.86. The number of rotatable bonds is 5. The Balaban J connectivity index is 2.14. The van der Waals surface area contributed by atoms with E-state index in [9.17, 15) is 0 Å². The summed E-state index contributed by atoms with van der Waals surface area (Å²) in [6.07, 6.45) is 10.9. The molecular weight excluding hydrogens is 232 g/mol. The van der Waals surface area contributed by atoms with Crippen molar-refractivity contribution in [3.63, 3.8) is 0 Å². The van der Waals surface area contributed by atoms with E-state index in [-0.39, 0.29) is 5.54 Å². The monoisotopic (exact) mass is 262 g/mol. The zero-order valence-electron chi connectivity index (χ0n) is 13.1. The van der Waals surface area contributed by atoms with Crippen LogP contribution in [0.4, 0.5) is 0 Å². The lowest BCUT2D eigenvalue weighted by Gasteiger charge is -2.50. The van der Waals surface area contributed by atoms with Gasteiger partial charge in [0.2, 0.25) is 0 Å². The first-order valence-corrected chi connectivity index (χ1v) is 7.98. The Morgan fingerprint density at radius 2 is 2.11 bits per heavy atom. The first-order chi connectivity index (χ1) is 9.01. The van der Waals surface area contributed by atoms with E-state index in [4.69, 9.17) is 6.42 Å². The van der Waals surface area contributed by atoms with E-state index in [1.165, 1.54) is 19.3 Å². The van der Waals surface area contributed by atoms with Crippen LogP contribution in [0.5, 0.6) is 0 Å². The SMILES string of the molecule is C#CC(CCC)N1CC(C)(C2CC2)NCC1C(C)C. The molecule has 3 atom stereocenters. The molecule has 2 rings (SSSR count). The fourth-order valence-electron chi connectivity index (χ4n) is 3.58. The van der Waals surface area contributed by atoms with Crippen LogP contribution in [-0.2, 0) is 0 Å². The van der Waals surface area contributed by atoms with E-state index >= 15 is 0 Å². The van der Waals surface area contributed by atoms with Gasteiger partial charge in [-0.3, -0.25) is 4.90 Å². The molecule has 1 heterocycles. The van der Waals surface area contributed by atoms with Gasteiger partial charge in [-0.15, -0.1) is 6.42 Å². The lowest BCUT2D eigenvalue weighted by molar-refractivity contribution is 0.0323. The average Bonchev–Trinajstić information content (AvgIpc) is 3.20. The number of terminal acetylenes is 1. The highest BCUT2D eigenvalue weighted by Crippen LogP contribution is 2.42. The van der Waals surface area contributed by atoms with Crippen LogP contribution >= 0.6 is 0 Å². The molecule has 2 fully saturated rings. The minimum atomic E-state index is 0.286. The molecule has 0 amide bonds. The smallest absolute Gasteiger partial charge is 0.0715 e. The van der Waals surface area contributed by atoms with Gasteiger partial charge in [-0.05, 0) is 38.0 Å². The summed E-state index contributed by atoms with van der Waals surface area (Å²) in [6.45, 7) is 11.5. The number of hydrogen-bond acceptors (Lipinski definition) is 2. The molecule has 2 heteroatoms. The van der Waals surface area contributed by atoms with Gasteiger partial charge in [0.15, 0.2) is 0 Å². The maximum atomic E-state index is 5.82. The zero-order chi connectivity index (χ0) is 14.0. The van der Waals surface area contributed by atoms with Gasteiger partial charge >= 0.3 is 0 Å². The molecule has 0 aromatic carbocycles. The van der Waals surface area contributed by atoms with Crippen molar-refractivity contribution in [3.05, 3.63) is 0 Å². The Morgan fingerprint density at radius 1 is 1.42 bits per heavy atom. The predicted octanol–water partition coefficient (Wildman–Crippen LogP) is 2.89. The summed E-state index contributed by atoms with van der Waals surface area (Å²) in [5.74, 6) is 4.57. The first kappa shape index (κ1) is 14.9. The van der Waals surface area contributed by atoms with Crippen molar-refractivity contribution in [1.29, 1.82) is 0 Å². The predicted molar refractivity (Wildman–Crippen MR) is 82.0 cm³/mol. The molecule has 19 heavy (non-hydrogen) atoms. The molecule has 0 radical (unpaired) electrons. The van der Waals surface area contributed by atoms with Gasteiger partial charge in [0.05, 0.1) is 6.04 Å². The summed E-state index contributed by atoms with van der Waals surface area (Å²) in [6, 6.07) is 0.900. The largest absolute Gasteiger partial charge is 0.308 e. The molecule has 1 aliphatic heterocycles. The Bertz CT molecular complexity index is 340. The van der Waals surface area contributed by atoms with Crippen LogP contribution < -0.4 is 5.32 Å². The molecule has 0 aromatic heterocycles. The zero-order valence-corrected chi connectivity index (χ0v) is 13.1. The van der Waals surface area contributed by atoms with Gasteiger partial charge in [-0.25, -0.2) is 0 Å². The summed E-state index contributed by atoms with van der Waals surface area (Å²) >= 11 is 0. The van der Waals surface area contributed by atoms with Gasteiger partial charge in [0.25, 0.3) is 0 Å². The second kappa shape index (κ2) is 5.85. The number of nitrogens with one attached hydrogen (secondary N) is 1. The van der Waals surface area contributed by atoms with Gasteiger partial charge in [-0.2, -0.15) is 0 Å². The van der Waals surface area contributed by atoms with Gasteiger partial charge in [0.1, 0.15) is 0 Å². The maximum absolute atomic E-state index is 5.82. The van der Waals surface area contributed by atoms with Gasteiger partial charge in [-0.1, -0.05) is 33.1 Å². The molecule has 1 saturated heterocycles. The molecule has 2 nitrogen and oxygen atoms in total. The van der Waals surface area contributed by atoms with E-state index in [1.807, 2.05) is 0 Å². The van der Waals surface area contributed by atoms with E-state index in [2.05, 4.69) is 43.8 Å². The Hall–Kier alpha value is -0.520. The standard InChI is InChI=1S/C17H30N2/c1-6-8-15(7-2)19-12-17(5,14-9-10-14)18-11-16(19)13(3)4/h2,13-16,18H,6,8-12H2,1,3-5H3. The van der Waals surface area contributed by atoms with Crippen LogP contribution in [0, 0.1) is 24.2 Å². The second-order valence-electron chi connectivity index (χ2n) is 7.03. The third-order valence-electron chi connectivity index (χ3n) is 5.05. The summed E-state index contributed by atoms with van der Waals surface area (Å²) in [4.78, 5) is 2.63. The van der Waals surface area contributed by atoms with Crippen LogP contribution in [-0.4, -0.2) is 35.6 Å². The molecule has 3 unspecified atom stereocenters. The topological polar surface area (TPSA) is 15.3 Å². The minimum Gasteiger partial charge on any atom is -0.308 e. The fourth-order valence-corrected chi connectivity index (χ4v) is 3.58. The van der Waals surface area contributed by atoms with Gasteiger partial charge < -0.3 is 5.32 Å². The number of piperazine rings is 1. The molecule has 1 N–H and O–H groups in total. The lowest BCUT2D eigenvalue weighted by Crippen LogP contribution is -2.66. The van der Waals surface area contributed by atoms with Crippen molar-refractivity contribution in [3.8, 4) is 12.3 Å². The second-order valence-corrected chi connectivity index (χ2v) is 7.03. The van der Waals surface area contributed by atoms with Crippen LogP contribution in [0.1, 0.15) is 53.4 Å². The van der Waals surface area contributed by atoms with E-state index < -0.39 is 0 Å². The summed E-state index contributed by atoms with van der Waals surface area (Å²) in [5, 5.41) is 3.83. The van der Waals surface area contributed by atoms with Gasteiger partial charge in [0, 0.05) is 24.7 Å². The Morgan fingerprint density at radius 3 is 2.58 bits per heavy atom. The molecule has 1 saturated carbocycles. The van der Waals surface area contributed by atoms with Crippen molar-refractivity contribution < 1.29 is 0 Å². The minimum absolute atomic E-state index is 0.286. The Kier molecular flexibility index (Phi) is 4.58. The van der Waals surface area contributed by atoms with Crippen molar-refractivity contribution in [1.82, 2.24) is 10.2 Å². The van der Waals surface area contributed by atoms with Crippen molar-refractivity contribution in [2.45, 2.75) is 71.0 Å². The number of nitrogens with zero attached hydrogens (tertiary/aromatic N) is 1. The number of hydrogen-bond donors (Lipinski definition) is 1. The van der Waals surface area contributed by atoms with Crippen LogP contribution in [0.2, 0.25) is 0 Å². The first-order valence-electron chi connectivity index (χ1n) is 7.98. The highest BCUT2D eigenvalue weighted by atomic mass is 15.3. The van der Waals surface area contributed by atoms with Crippen LogP contribution in [0.15, 0.2) is 0 Å². The normalized spacial score (nSPS) is 34.2. The third-order valence-corrected chi connectivity index (χ3v) is 5.05. The fraction of sp³-hybridized carbons (Fsp3) is 0.882. The molecule has 0 spiro atoms. The highest BCUT2D eigenvalue weighted by molar-refractivity contribution is 5.10. The quantitative estimate of drug-likeness (QED) is 0.767. The van der Waals surface area contributed by atoms with Crippen molar-refractivity contribution in [2.24, 2.45) is 11.8 Å². The Labute approximate surface area is 119 Å². The average molecular weight is 262 g/mol. The van der Waals surface area contributed by atoms with Crippen molar-refractivity contribution in [2.75, 3.05) is 13.1 Å². The summed E-state index contributed by atoms with van der Waals surface area (Å²) in [5.41, 5.74) is 0.286. The van der Waals surface area contributed by atoms with E-state index in [0.29, 0.717) is 18.0 Å². The highest BCUT2D eigenvalue weighted by Gasteiger charge is 2.47. The van der Waals surface area contributed by atoms with Crippen LogP contribution in [0.25, 0.3) is 0 Å². The van der Waals surface area contributed by atoms with E-state index in [0.717, 1.165) is 25.4 Å². The maximum Gasteiger partial charge on any atom is 0.0715 e. The molecule has 1 aliphatic carbocycles. The van der Waals surface area contributed by atoms with Crippen LogP contribution in [0.3, 0.4) is 0 Å².